The van der Waals surface area contributed by atoms with Crippen LogP contribution in [0.3, 0.4) is 0 Å². The first-order valence-corrected chi connectivity index (χ1v) is 3.97. The molecule has 0 bridgehead atoms. The molecule has 1 unspecified atom stereocenters. The minimum atomic E-state index is -0.652. The normalized spacial score (nSPS) is 12.3. The molecular formula is C9H16O3. The summed E-state index contributed by atoms with van der Waals surface area (Å²) in [6.07, 6.45) is 1.49. The Morgan fingerprint density at radius 1 is 1.58 bits per heavy atom. The summed E-state index contributed by atoms with van der Waals surface area (Å²) in [7, 11) is 1.29. The molecule has 0 radical (unpaired) electrons. The number of carbonyl (C=O) groups excluding carboxylic acids is 1. The van der Waals surface area contributed by atoms with Gasteiger partial charge in [0, 0.05) is 0 Å². The molecule has 0 aliphatic carbocycles. The van der Waals surface area contributed by atoms with E-state index in [2.05, 4.69) is 25.2 Å². The lowest BCUT2D eigenvalue weighted by Gasteiger charge is -2.14. The van der Waals surface area contributed by atoms with Gasteiger partial charge in [0.15, 0.2) is 0 Å². The molecule has 3 heteroatoms. The van der Waals surface area contributed by atoms with Crippen molar-refractivity contribution >= 4 is 6.16 Å². The molecule has 70 valence electrons. The largest absolute Gasteiger partial charge is 0.508 e. The van der Waals surface area contributed by atoms with Crippen molar-refractivity contribution in [2.24, 2.45) is 5.92 Å². The molecule has 0 fully saturated rings. The van der Waals surface area contributed by atoms with Gasteiger partial charge in [-0.2, -0.15) is 0 Å². The Labute approximate surface area is 73.4 Å². The molecule has 0 rings (SSSR count). The number of hydrogen-bond donors (Lipinski definition) is 0. The molecule has 0 heterocycles. The lowest BCUT2D eigenvalue weighted by Crippen LogP contribution is -2.17. The third kappa shape index (κ3) is 4.77. The van der Waals surface area contributed by atoms with Crippen LogP contribution in [0.15, 0.2) is 12.7 Å². The molecule has 1 atom stereocenters. The summed E-state index contributed by atoms with van der Waals surface area (Å²) >= 11 is 0. The number of ether oxygens (including phenoxy) is 2. The Morgan fingerprint density at radius 3 is 2.50 bits per heavy atom. The summed E-state index contributed by atoms with van der Waals surface area (Å²) in [5, 5.41) is 0. The Bertz CT molecular complexity index is 152. The molecule has 0 saturated heterocycles. The lowest BCUT2D eigenvalue weighted by atomic mass is 10.1. The van der Waals surface area contributed by atoms with Crippen molar-refractivity contribution in [3.63, 3.8) is 0 Å². The van der Waals surface area contributed by atoms with Crippen molar-refractivity contribution in [1.29, 1.82) is 0 Å². The highest BCUT2D eigenvalue weighted by Crippen LogP contribution is 2.09. The fourth-order valence-electron chi connectivity index (χ4n) is 0.829. The Hall–Kier alpha value is -0.990. The van der Waals surface area contributed by atoms with Gasteiger partial charge in [0.05, 0.1) is 7.11 Å². The van der Waals surface area contributed by atoms with Crippen LogP contribution in [0.4, 0.5) is 4.79 Å². The maximum Gasteiger partial charge on any atom is 0.508 e. The lowest BCUT2D eigenvalue weighted by molar-refractivity contribution is 0.0464. The van der Waals surface area contributed by atoms with E-state index < -0.39 is 6.16 Å². The van der Waals surface area contributed by atoms with Crippen LogP contribution in [0.1, 0.15) is 20.3 Å². The van der Waals surface area contributed by atoms with E-state index in [1.165, 1.54) is 7.11 Å². The third-order valence-corrected chi connectivity index (χ3v) is 1.38. The van der Waals surface area contributed by atoms with Crippen LogP contribution in [0.25, 0.3) is 0 Å². The van der Waals surface area contributed by atoms with E-state index in [-0.39, 0.29) is 6.10 Å². The molecule has 0 aromatic heterocycles. The second-order valence-corrected chi connectivity index (χ2v) is 2.98. The van der Waals surface area contributed by atoms with Gasteiger partial charge in [0.25, 0.3) is 0 Å². The van der Waals surface area contributed by atoms with E-state index >= 15 is 0 Å². The maximum atomic E-state index is 10.7. The first kappa shape index (κ1) is 11.0. The summed E-state index contributed by atoms with van der Waals surface area (Å²) in [6.45, 7) is 7.67. The van der Waals surface area contributed by atoms with Crippen LogP contribution in [0.5, 0.6) is 0 Å². The second-order valence-electron chi connectivity index (χ2n) is 2.98. The van der Waals surface area contributed by atoms with Crippen molar-refractivity contribution in [2.45, 2.75) is 26.4 Å². The first-order valence-electron chi connectivity index (χ1n) is 3.97. The standard InChI is InChI=1S/C9H16O3/c1-5-8(6-7(2)3)12-9(10)11-4/h5,7-8H,1,6H2,2-4H3. The van der Waals surface area contributed by atoms with Gasteiger partial charge < -0.3 is 9.47 Å². The number of methoxy groups -OCH3 is 1. The predicted octanol–water partition coefficient (Wildman–Crippen LogP) is 2.37. The van der Waals surface area contributed by atoms with E-state index in [0.717, 1.165) is 6.42 Å². The molecule has 0 amide bonds. The number of carbonyl (C=O) groups is 1. The van der Waals surface area contributed by atoms with Crippen LogP contribution in [-0.4, -0.2) is 19.4 Å². The SMILES string of the molecule is C=CC(CC(C)C)OC(=O)OC. The topological polar surface area (TPSA) is 35.5 Å². The van der Waals surface area contributed by atoms with Crippen LogP contribution in [0, 0.1) is 5.92 Å². The van der Waals surface area contributed by atoms with E-state index in [4.69, 9.17) is 4.74 Å². The van der Waals surface area contributed by atoms with E-state index in [1.807, 2.05) is 0 Å². The van der Waals surface area contributed by atoms with Gasteiger partial charge in [-0.1, -0.05) is 26.5 Å². The molecule has 0 saturated carbocycles. The summed E-state index contributed by atoms with van der Waals surface area (Å²) in [6, 6.07) is 0. The maximum absolute atomic E-state index is 10.7. The molecule has 3 nitrogen and oxygen atoms in total. The predicted molar refractivity (Wildman–Crippen MR) is 46.9 cm³/mol. The van der Waals surface area contributed by atoms with Crippen molar-refractivity contribution in [3.8, 4) is 0 Å². The van der Waals surface area contributed by atoms with Crippen molar-refractivity contribution in [3.05, 3.63) is 12.7 Å². The van der Waals surface area contributed by atoms with Gasteiger partial charge in [-0.3, -0.25) is 0 Å². The average molecular weight is 172 g/mol. The molecule has 0 N–H and O–H groups in total. The van der Waals surface area contributed by atoms with Gasteiger partial charge in [-0.15, -0.1) is 0 Å². The zero-order valence-electron chi connectivity index (χ0n) is 7.87. The molecule has 0 spiro atoms. The molecular weight excluding hydrogens is 156 g/mol. The first-order chi connectivity index (χ1) is 5.60. The zero-order chi connectivity index (χ0) is 9.56. The Kier molecular flexibility index (Phi) is 5.17. The zero-order valence-corrected chi connectivity index (χ0v) is 7.87. The smallest absolute Gasteiger partial charge is 0.438 e. The van der Waals surface area contributed by atoms with Crippen LogP contribution in [0.2, 0.25) is 0 Å². The Morgan fingerprint density at radius 2 is 2.17 bits per heavy atom. The van der Waals surface area contributed by atoms with Crippen LogP contribution >= 0.6 is 0 Å². The number of rotatable bonds is 4. The summed E-state index contributed by atoms with van der Waals surface area (Å²) in [4.78, 5) is 10.7. The highest BCUT2D eigenvalue weighted by atomic mass is 16.7. The second kappa shape index (κ2) is 5.63. The van der Waals surface area contributed by atoms with Crippen LogP contribution < -0.4 is 0 Å². The highest BCUT2D eigenvalue weighted by Gasteiger charge is 2.12. The van der Waals surface area contributed by atoms with Crippen molar-refractivity contribution < 1.29 is 14.3 Å². The summed E-state index contributed by atoms with van der Waals surface area (Å²) < 4.78 is 9.24. The fourth-order valence-corrected chi connectivity index (χ4v) is 0.829. The van der Waals surface area contributed by atoms with Gasteiger partial charge in [0.2, 0.25) is 0 Å². The third-order valence-electron chi connectivity index (χ3n) is 1.38. The van der Waals surface area contributed by atoms with Gasteiger partial charge in [0.1, 0.15) is 6.10 Å². The van der Waals surface area contributed by atoms with Gasteiger partial charge in [-0.05, 0) is 12.3 Å². The van der Waals surface area contributed by atoms with E-state index in [9.17, 15) is 4.79 Å². The summed E-state index contributed by atoms with van der Waals surface area (Å²) in [5.74, 6) is 0.470. The minimum Gasteiger partial charge on any atom is -0.438 e. The quantitative estimate of drug-likeness (QED) is 0.482. The minimum absolute atomic E-state index is 0.238. The Balaban J connectivity index is 3.82. The van der Waals surface area contributed by atoms with E-state index in [1.54, 1.807) is 6.08 Å². The molecule has 0 aromatic carbocycles. The van der Waals surface area contributed by atoms with Crippen LogP contribution in [-0.2, 0) is 9.47 Å². The van der Waals surface area contributed by atoms with Gasteiger partial charge in [-0.25, -0.2) is 4.79 Å². The molecule has 0 aromatic rings. The van der Waals surface area contributed by atoms with E-state index in [0.29, 0.717) is 5.92 Å². The average Bonchev–Trinajstić information content (AvgIpc) is 2.02. The highest BCUT2D eigenvalue weighted by molar-refractivity contribution is 5.60. The number of hydrogen-bond acceptors (Lipinski definition) is 3. The fraction of sp³-hybridized carbons (Fsp3) is 0.667. The monoisotopic (exact) mass is 172 g/mol. The molecule has 0 aliphatic rings. The van der Waals surface area contributed by atoms with Crippen molar-refractivity contribution in [2.75, 3.05) is 7.11 Å². The summed E-state index contributed by atoms with van der Waals surface area (Å²) in [5.41, 5.74) is 0. The molecule has 12 heavy (non-hydrogen) atoms. The molecule has 0 aliphatic heterocycles. The van der Waals surface area contributed by atoms with Crippen molar-refractivity contribution in [1.82, 2.24) is 0 Å². The van der Waals surface area contributed by atoms with Gasteiger partial charge >= 0.3 is 6.16 Å².